The van der Waals surface area contributed by atoms with Crippen molar-refractivity contribution in [2.24, 2.45) is 0 Å². The Kier molecular flexibility index (Phi) is 8.07. The predicted molar refractivity (Wildman–Crippen MR) is 94.4 cm³/mol. The number of alkyl halides is 1. The molecule has 3 nitrogen and oxygen atoms in total. The Labute approximate surface area is 141 Å². The third-order valence-electron chi connectivity index (χ3n) is 4.00. The van der Waals surface area contributed by atoms with Crippen LogP contribution in [-0.2, 0) is 18.3 Å². The fraction of sp³-hybridized carbons (Fsp3) is 0.647. The summed E-state index contributed by atoms with van der Waals surface area (Å²) in [6.07, 6.45) is 0.814. The van der Waals surface area contributed by atoms with Crippen LogP contribution >= 0.6 is 11.6 Å². The van der Waals surface area contributed by atoms with Crippen molar-refractivity contribution in [3.63, 3.8) is 0 Å². The molecule has 1 aromatic carbocycles. The van der Waals surface area contributed by atoms with E-state index in [-0.39, 0.29) is 5.38 Å². The zero-order valence-corrected chi connectivity index (χ0v) is 16.2. The van der Waals surface area contributed by atoms with E-state index >= 15 is 0 Å². The molecule has 2 atom stereocenters. The average Bonchev–Trinajstić information content (AvgIpc) is 2.54. The van der Waals surface area contributed by atoms with Crippen LogP contribution < -0.4 is 0 Å². The summed E-state index contributed by atoms with van der Waals surface area (Å²) >= 11 is 6.79. The summed E-state index contributed by atoms with van der Waals surface area (Å²) in [4.78, 5) is 0. The van der Waals surface area contributed by atoms with Gasteiger partial charge in [0.15, 0.2) is 0 Å². The highest BCUT2D eigenvalue weighted by Crippen LogP contribution is 2.43. The fourth-order valence-electron chi connectivity index (χ4n) is 2.89. The molecule has 0 amide bonds. The standard InChI is InChI=1S/C17H29ClO3Si/c1-6-16(18)17(5,15-13-11-10-12-14-15)22(19-7-2,20-8-3)21-9-4/h10-14,16H,6-9H2,1-5H3. The predicted octanol–water partition coefficient (Wildman–Crippen LogP) is 4.55. The summed E-state index contributed by atoms with van der Waals surface area (Å²) in [5.74, 6) is 0. The quantitative estimate of drug-likeness (QED) is 0.460. The average molecular weight is 345 g/mol. The van der Waals surface area contributed by atoms with Crippen LogP contribution in [0.15, 0.2) is 30.3 Å². The fourth-order valence-corrected chi connectivity index (χ4v) is 6.81. The minimum absolute atomic E-state index is 0.133. The molecule has 0 radical (unpaired) electrons. The molecule has 0 aliphatic heterocycles. The Bertz CT molecular complexity index is 412. The van der Waals surface area contributed by atoms with E-state index in [0.717, 1.165) is 12.0 Å². The van der Waals surface area contributed by atoms with E-state index in [1.807, 2.05) is 39.0 Å². The van der Waals surface area contributed by atoms with Gasteiger partial charge in [0.2, 0.25) is 0 Å². The Morgan fingerprint density at radius 1 is 0.955 bits per heavy atom. The van der Waals surface area contributed by atoms with Gasteiger partial charge in [0.25, 0.3) is 0 Å². The molecule has 0 saturated heterocycles. The molecule has 0 N–H and O–H groups in total. The molecule has 0 bridgehead atoms. The SMILES string of the molecule is CCO[Si](OCC)(OCC)C(C)(c1ccccc1)C(Cl)CC. The first kappa shape index (κ1) is 19.7. The monoisotopic (exact) mass is 344 g/mol. The van der Waals surface area contributed by atoms with Crippen molar-refractivity contribution < 1.29 is 13.3 Å². The van der Waals surface area contributed by atoms with Crippen LogP contribution in [0, 0.1) is 0 Å². The highest BCUT2D eigenvalue weighted by atomic mass is 35.5. The maximum atomic E-state index is 6.79. The molecule has 22 heavy (non-hydrogen) atoms. The van der Waals surface area contributed by atoms with Crippen LogP contribution in [0.25, 0.3) is 0 Å². The molecule has 0 saturated carbocycles. The molecule has 0 spiro atoms. The third-order valence-corrected chi connectivity index (χ3v) is 8.84. The second-order valence-corrected chi connectivity index (χ2v) is 8.84. The van der Waals surface area contributed by atoms with Crippen molar-refractivity contribution in [2.45, 2.75) is 51.5 Å². The minimum atomic E-state index is -3.01. The molecule has 1 aromatic rings. The second-order valence-electron chi connectivity index (χ2n) is 5.30. The second kappa shape index (κ2) is 9.04. The lowest BCUT2D eigenvalue weighted by molar-refractivity contribution is 0.0452. The first-order valence-corrected chi connectivity index (χ1v) is 10.3. The van der Waals surface area contributed by atoms with E-state index in [9.17, 15) is 0 Å². The summed E-state index contributed by atoms with van der Waals surface area (Å²) in [6.45, 7) is 11.8. The van der Waals surface area contributed by atoms with Gasteiger partial charge in [-0.1, -0.05) is 37.3 Å². The van der Waals surface area contributed by atoms with Gasteiger partial charge in [0, 0.05) is 25.2 Å². The van der Waals surface area contributed by atoms with Crippen LogP contribution in [0.1, 0.15) is 46.6 Å². The first-order valence-electron chi connectivity index (χ1n) is 8.13. The summed E-state index contributed by atoms with van der Waals surface area (Å²) in [7, 11) is -3.01. The number of hydrogen-bond acceptors (Lipinski definition) is 3. The Hall–Kier alpha value is -0.393. The van der Waals surface area contributed by atoms with Crippen molar-refractivity contribution in [3.8, 4) is 0 Å². The summed E-state index contributed by atoms with van der Waals surface area (Å²) in [6, 6.07) is 10.2. The third kappa shape index (κ3) is 3.74. The molecular weight excluding hydrogens is 316 g/mol. The number of halogens is 1. The maximum Gasteiger partial charge on any atom is 0.513 e. The smallest absolute Gasteiger partial charge is 0.373 e. The molecule has 1 rings (SSSR count). The zero-order valence-electron chi connectivity index (χ0n) is 14.4. The van der Waals surface area contributed by atoms with Gasteiger partial charge in [-0.25, -0.2) is 0 Å². The molecular formula is C17H29ClO3Si. The molecule has 0 aromatic heterocycles. The van der Waals surface area contributed by atoms with Crippen LogP contribution in [0.2, 0.25) is 0 Å². The number of benzene rings is 1. The Morgan fingerprint density at radius 3 is 1.77 bits per heavy atom. The van der Waals surface area contributed by atoms with Gasteiger partial charge in [-0.15, -0.1) is 11.6 Å². The molecule has 5 heteroatoms. The lowest BCUT2D eigenvalue weighted by Gasteiger charge is -2.45. The van der Waals surface area contributed by atoms with Gasteiger partial charge in [-0.2, -0.15) is 0 Å². The normalized spacial score (nSPS) is 16.3. The van der Waals surface area contributed by atoms with Crippen LogP contribution in [0.5, 0.6) is 0 Å². The lowest BCUT2D eigenvalue weighted by atomic mass is 9.94. The van der Waals surface area contributed by atoms with Crippen molar-refractivity contribution in [3.05, 3.63) is 35.9 Å². The van der Waals surface area contributed by atoms with Gasteiger partial charge in [0.1, 0.15) is 0 Å². The van der Waals surface area contributed by atoms with E-state index < -0.39 is 13.8 Å². The van der Waals surface area contributed by atoms with E-state index in [4.69, 9.17) is 24.9 Å². The topological polar surface area (TPSA) is 27.7 Å². The van der Waals surface area contributed by atoms with Gasteiger partial charge in [-0.3, -0.25) is 0 Å². The van der Waals surface area contributed by atoms with Crippen molar-refractivity contribution in [2.75, 3.05) is 19.8 Å². The summed E-state index contributed by atoms with van der Waals surface area (Å²) < 4.78 is 18.5. The van der Waals surface area contributed by atoms with Gasteiger partial charge in [-0.05, 0) is 39.7 Å². The van der Waals surface area contributed by atoms with Crippen LogP contribution in [0.3, 0.4) is 0 Å². The number of hydrogen-bond donors (Lipinski definition) is 0. The van der Waals surface area contributed by atoms with Crippen LogP contribution in [0.4, 0.5) is 0 Å². The van der Waals surface area contributed by atoms with Gasteiger partial charge in [0.05, 0.1) is 5.04 Å². The minimum Gasteiger partial charge on any atom is -0.373 e. The van der Waals surface area contributed by atoms with E-state index in [1.165, 1.54) is 0 Å². The van der Waals surface area contributed by atoms with Crippen LogP contribution in [-0.4, -0.2) is 34.0 Å². The van der Waals surface area contributed by atoms with Gasteiger partial charge < -0.3 is 13.3 Å². The van der Waals surface area contributed by atoms with Crippen molar-refractivity contribution >= 4 is 20.4 Å². The number of rotatable bonds is 10. The molecule has 0 aliphatic rings. The molecule has 0 aliphatic carbocycles. The maximum absolute atomic E-state index is 6.79. The summed E-state index contributed by atoms with van der Waals surface area (Å²) in [5, 5.41) is -0.627. The van der Waals surface area contributed by atoms with Crippen molar-refractivity contribution in [1.82, 2.24) is 0 Å². The summed E-state index contributed by atoms with van der Waals surface area (Å²) in [5.41, 5.74) is 1.11. The zero-order chi connectivity index (χ0) is 16.6. The van der Waals surface area contributed by atoms with E-state index in [2.05, 4.69) is 26.0 Å². The highest BCUT2D eigenvalue weighted by molar-refractivity contribution is 6.65. The molecule has 0 fully saturated rings. The highest BCUT2D eigenvalue weighted by Gasteiger charge is 2.62. The van der Waals surface area contributed by atoms with E-state index in [1.54, 1.807) is 0 Å². The molecule has 0 heterocycles. The Balaban J connectivity index is 3.49. The molecule has 2 unspecified atom stereocenters. The van der Waals surface area contributed by atoms with Crippen molar-refractivity contribution in [1.29, 1.82) is 0 Å². The van der Waals surface area contributed by atoms with E-state index in [0.29, 0.717) is 19.8 Å². The van der Waals surface area contributed by atoms with Gasteiger partial charge >= 0.3 is 8.80 Å². The Morgan fingerprint density at radius 2 is 1.41 bits per heavy atom. The largest absolute Gasteiger partial charge is 0.513 e. The molecule has 126 valence electrons. The lowest BCUT2D eigenvalue weighted by Crippen LogP contribution is -2.65. The first-order chi connectivity index (χ1) is 10.5.